The van der Waals surface area contributed by atoms with Crippen LogP contribution >= 0.6 is 0 Å². The van der Waals surface area contributed by atoms with Crippen molar-refractivity contribution in [2.24, 2.45) is 5.16 Å². The highest BCUT2D eigenvalue weighted by molar-refractivity contribution is 5.84. The molecule has 11 heavy (non-hydrogen) atoms. The van der Waals surface area contributed by atoms with E-state index in [0.29, 0.717) is 0 Å². The monoisotopic (exact) mass is 156 g/mol. The lowest BCUT2D eigenvalue weighted by atomic mass is 10.2. The van der Waals surface area contributed by atoms with Gasteiger partial charge in [-0.3, -0.25) is 0 Å². The van der Waals surface area contributed by atoms with Gasteiger partial charge in [0.2, 0.25) is 0 Å². The Balaban J connectivity index is 2.39. The molecule has 0 spiro atoms. The van der Waals surface area contributed by atoms with E-state index >= 15 is 0 Å². The van der Waals surface area contributed by atoms with Crippen molar-refractivity contribution in [2.75, 3.05) is 19.6 Å². The van der Waals surface area contributed by atoms with Gasteiger partial charge in [-0.25, -0.2) is 0 Å². The van der Waals surface area contributed by atoms with Gasteiger partial charge in [0.1, 0.15) is 0 Å². The van der Waals surface area contributed by atoms with Crippen LogP contribution < -0.4 is 0 Å². The maximum atomic E-state index is 8.54. The quantitative estimate of drug-likeness (QED) is 0.459. The summed E-state index contributed by atoms with van der Waals surface area (Å²) in [5, 5.41) is 11.8. The lowest BCUT2D eigenvalue weighted by Crippen LogP contribution is -2.24. The molecule has 0 saturated carbocycles. The van der Waals surface area contributed by atoms with E-state index in [1.807, 2.05) is 0 Å². The Morgan fingerprint density at radius 3 is 2.91 bits per heavy atom. The van der Waals surface area contributed by atoms with Crippen molar-refractivity contribution in [1.82, 2.24) is 4.90 Å². The summed E-state index contributed by atoms with van der Waals surface area (Å²) >= 11 is 0. The van der Waals surface area contributed by atoms with Gasteiger partial charge in [0, 0.05) is 13.0 Å². The fraction of sp³-hybridized carbons (Fsp3) is 0.875. The molecule has 1 heterocycles. The molecule has 64 valence electrons. The van der Waals surface area contributed by atoms with E-state index in [1.165, 1.54) is 0 Å². The highest BCUT2D eigenvalue weighted by Gasteiger charge is 2.10. The van der Waals surface area contributed by atoms with Crippen LogP contribution in [-0.2, 0) is 0 Å². The molecule has 3 heteroatoms. The van der Waals surface area contributed by atoms with Crippen molar-refractivity contribution in [2.45, 2.75) is 26.2 Å². The lowest BCUT2D eigenvalue weighted by molar-refractivity contribution is 0.301. The average molecular weight is 156 g/mol. The molecule has 3 nitrogen and oxygen atoms in total. The van der Waals surface area contributed by atoms with Gasteiger partial charge in [-0.15, -0.1) is 0 Å². The van der Waals surface area contributed by atoms with Gasteiger partial charge in [-0.05, 0) is 25.9 Å². The maximum absolute atomic E-state index is 8.54. The molecule has 0 radical (unpaired) electrons. The molecule has 1 saturated heterocycles. The molecule has 1 aliphatic rings. The Labute approximate surface area is 67.7 Å². The topological polar surface area (TPSA) is 35.8 Å². The van der Waals surface area contributed by atoms with E-state index in [0.717, 1.165) is 44.6 Å². The molecule has 1 N–H and O–H groups in total. The second kappa shape index (κ2) is 4.34. The molecule has 0 aromatic rings. The largest absolute Gasteiger partial charge is 0.411 e. The third-order valence-electron chi connectivity index (χ3n) is 2.24. The highest BCUT2D eigenvalue weighted by atomic mass is 16.4. The van der Waals surface area contributed by atoms with Crippen LogP contribution in [0.15, 0.2) is 5.16 Å². The van der Waals surface area contributed by atoms with Crippen molar-refractivity contribution in [1.29, 1.82) is 0 Å². The minimum atomic E-state index is 0.935. The van der Waals surface area contributed by atoms with Gasteiger partial charge in [-0.1, -0.05) is 12.1 Å². The van der Waals surface area contributed by atoms with Crippen LogP contribution in [0.4, 0.5) is 0 Å². The summed E-state index contributed by atoms with van der Waals surface area (Å²) in [4.78, 5) is 2.39. The van der Waals surface area contributed by atoms with Crippen LogP contribution in [0.5, 0.6) is 0 Å². The second-order valence-corrected chi connectivity index (χ2v) is 2.95. The van der Waals surface area contributed by atoms with Gasteiger partial charge >= 0.3 is 0 Å². The van der Waals surface area contributed by atoms with E-state index < -0.39 is 0 Å². The Bertz CT molecular complexity index is 145. The van der Waals surface area contributed by atoms with Crippen molar-refractivity contribution < 1.29 is 5.21 Å². The Morgan fingerprint density at radius 1 is 1.45 bits per heavy atom. The summed E-state index contributed by atoms with van der Waals surface area (Å²) in [6.07, 6.45) is 3.03. The zero-order valence-electron chi connectivity index (χ0n) is 7.08. The molecule has 1 rings (SSSR count). The van der Waals surface area contributed by atoms with Crippen LogP contribution in [0.1, 0.15) is 26.2 Å². The predicted molar refractivity (Wildman–Crippen MR) is 45.2 cm³/mol. The molecular formula is C8H16N2O. The molecule has 0 amide bonds. The van der Waals surface area contributed by atoms with Crippen LogP contribution in [-0.4, -0.2) is 35.5 Å². The second-order valence-electron chi connectivity index (χ2n) is 2.95. The predicted octanol–water partition coefficient (Wildman–Crippen LogP) is 1.32. The first-order valence-electron chi connectivity index (χ1n) is 4.29. The maximum Gasteiger partial charge on any atom is 0.0584 e. The third kappa shape index (κ3) is 2.50. The van der Waals surface area contributed by atoms with Gasteiger partial charge in [0.15, 0.2) is 0 Å². The summed E-state index contributed by atoms with van der Waals surface area (Å²) in [6, 6.07) is 0. The molecule has 0 bridgehead atoms. The van der Waals surface area contributed by atoms with Crippen LogP contribution in [0, 0.1) is 0 Å². The zero-order valence-corrected chi connectivity index (χ0v) is 7.08. The molecule has 0 aromatic heterocycles. The highest BCUT2D eigenvalue weighted by Crippen LogP contribution is 2.07. The van der Waals surface area contributed by atoms with Gasteiger partial charge in [0.25, 0.3) is 0 Å². The summed E-state index contributed by atoms with van der Waals surface area (Å²) < 4.78 is 0. The van der Waals surface area contributed by atoms with Gasteiger partial charge < -0.3 is 10.1 Å². The first-order chi connectivity index (χ1) is 5.36. The third-order valence-corrected chi connectivity index (χ3v) is 2.24. The minimum absolute atomic E-state index is 0.935. The van der Waals surface area contributed by atoms with Gasteiger partial charge in [-0.2, -0.15) is 0 Å². The molecule has 1 fully saturated rings. The van der Waals surface area contributed by atoms with Crippen LogP contribution in [0.25, 0.3) is 0 Å². The van der Waals surface area contributed by atoms with E-state index in [-0.39, 0.29) is 0 Å². The Kier molecular flexibility index (Phi) is 3.36. The lowest BCUT2D eigenvalue weighted by Gasteiger charge is -2.15. The number of likely N-dealkylation sites (tertiary alicyclic amines) is 1. The molecule has 0 unspecified atom stereocenters. The summed E-state index contributed by atoms with van der Waals surface area (Å²) in [5.41, 5.74) is 0.959. The molecule has 0 aliphatic carbocycles. The fourth-order valence-corrected chi connectivity index (χ4v) is 1.45. The first kappa shape index (κ1) is 8.53. The first-order valence-corrected chi connectivity index (χ1v) is 4.29. The van der Waals surface area contributed by atoms with Crippen molar-refractivity contribution in [3.63, 3.8) is 0 Å². The van der Waals surface area contributed by atoms with Crippen LogP contribution in [0.2, 0.25) is 0 Å². The van der Waals surface area contributed by atoms with E-state index in [1.54, 1.807) is 0 Å². The van der Waals surface area contributed by atoms with Crippen molar-refractivity contribution >= 4 is 5.71 Å². The number of oxime groups is 1. The van der Waals surface area contributed by atoms with Crippen molar-refractivity contribution in [3.8, 4) is 0 Å². The molecule has 1 aliphatic heterocycles. The van der Waals surface area contributed by atoms with Crippen molar-refractivity contribution in [3.05, 3.63) is 0 Å². The standard InChI is InChI=1S/C8H16N2O/c1-2-10-6-3-4-8(9-11)5-7-10/h11H,2-7H2,1H3. The minimum Gasteiger partial charge on any atom is -0.411 e. The molecule has 0 aromatic carbocycles. The molecular weight excluding hydrogens is 140 g/mol. The summed E-state index contributed by atoms with van der Waals surface area (Å²) in [6.45, 7) is 5.48. The smallest absolute Gasteiger partial charge is 0.0584 e. The number of hydrogen-bond acceptors (Lipinski definition) is 3. The fourth-order valence-electron chi connectivity index (χ4n) is 1.45. The average Bonchev–Trinajstić information content (AvgIpc) is 2.28. The SMILES string of the molecule is CCN1CCCC(=NO)CC1. The number of rotatable bonds is 1. The Morgan fingerprint density at radius 2 is 2.27 bits per heavy atom. The molecule has 0 atom stereocenters. The van der Waals surface area contributed by atoms with Crippen LogP contribution in [0.3, 0.4) is 0 Å². The van der Waals surface area contributed by atoms with E-state index in [4.69, 9.17) is 5.21 Å². The Hall–Kier alpha value is -0.570. The zero-order chi connectivity index (χ0) is 8.10. The normalized spacial score (nSPS) is 25.4. The summed E-state index contributed by atoms with van der Waals surface area (Å²) in [7, 11) is 0. The summed E-state index contributed by atoms with van der Waals surface area (Å²) in [5.74, 6) is 0. The van der Waals surface area contributed by atoms with E-state index in [2.05, 4.69) is 17.0 Å². The van der Waals surface area contributed by atoms with Gasteiger partial charge in [0.05, 0.1) is 5.71 Å². The number of nitrogens with zero attached hydrogens (tertiary/aromatic N) is 2. The number of hydrogen-bond donors (Lipinski definition) is 1. The van der Waals surface area contributed by atoms with E-state index in [9.17, 15) is 0 Å².